The smallest absolute Gasteiger partial charge is 0.195 e. The summed E-state index contributed by atoms with van der Waals surface area (Å²) < 4.78 is 1.99. The van der Waals surface area contributed by atoms with Crippen LogP contribution in [-0.4, -0.2) is 9.38 Å². The van der Waals surface area contributed by atoms with Crippen molar-refractivity contribution >= 4 is 22.1 Å². The van der Waals surface area contributed by atoms with Gasteiger partial charge in [-0.05, 0) is 16.7 Å². The minimum atomic E-state index is 0.674. The number of anilines is 1. The fourth-order valence-corrected chi connectivity index (χ4v) is 3.38. The Morgan fingerprint density at radius 3 is 2.29 bits per heavy atom. The molecule has 0 aliphatic carbocycles. The molecule has 0 saturated heterocycles. The van der Waals surface area contributed by atoms with Crippen molar-refractivity contribution in [2.75, 3.05) is 5.73 Å². The maximum atomic E-state index is 5.99. The molecule has 2 aromatic carbocycles. The molecule has 4 aromatic rings. The number of thiazole rings is 1. The summed E-state index contributed by atoms with van der Waals surface area (Å²) in [6.07, 6.45) is 1.70. The number of rotatable bonds is 2. The molecule has 0 saturated carbocycles. The summed E-state index contributed by atoms with van der Waals surface area (Å²) >= 11 is 1.60. The number of aromatic nitrogens is 2. The summed E-state index contributed by atoms with van der Waals surface area (Å²) in [7, 11) is 0. The highest BCUT2D eigenvalue weighted by Crippen LogP contribution is 2.29. The maximum absolute atomic E-state index is 5.99. The number of nitrogens with zero attached hydrogens (tertiary/aromatic N) is 2. The van der Waals surface area contributed by atoms with Gasteiger partial charge in [-0.25, -0.2) is 4.98 Å². The van der Waals surface area contributed by atoms with E-state index in [1.165, 1.54) is 11.1 Å². The van der Waals surface area contributed by atoms with E-state index in [9.17, 15) is 0 Å². The molecule has 0 radical (unpaired) electrons. The lowest BCUT2D eigenvalue weighted by atomic mass is 10.0. The number of imidazole rings is 1. The molecule has 0 atom stereocenters. The Morgan fingerprint density at radius 1 is 0.857 bits per heavy atom. The van der Waals surface area contributed by atoms with Crippen molar-refractivity contribution < 1.29 is 0 Å². The van der Waals surface area contributed by atoms with Crippen LogP contribution >= 0.6 is 11.3 Å². The largest absolute Gasteiger partial charge is 0.383 e. The lowest BCUT2D eigenvalue weighted by Crippen LogP contribution is -1.92. The lowest BCUT2D eigenvalue weighted by molar-refractivity contribution is 1.24. The number of nitrogens with two attached hydrogens (primary N) is 1. The zero-order valence-corrected chi connectivity index (χ0v) is 12.0. The molecule has 4 rings (SSSR count). The monoisotopic (exact) mass is 291 g/mol. The molecule has 2 N–H and O–H groups in total. The minimum absolute atomic E-state index is 0.674. The zero-order chi connectivity index (χ0) is 14.2. The van der Waals surface area contributed by atoms with Gasteiger partial charge in [-0.3, -0.25) is 4.40 Å². The van der Waals surface area contributed by atoms with Crippen molar-refractivity contribution in [3.63, 3.8) is 0 Å². The summed E-state index contributed by atoms with van der Waals surface area (Å²) in [5.41, 5.74) is 10.7. The van der Waals surface area contributed by atoms with Crippen LogP contribution in [0, 0.1) is 0 Å². The number of fused-ring (bicyclic) bond motifs is 1. The third kappa shape index (κ3) is 2.00. The normalized spacial score (nSPS) is 11.0. The summed E-state index contributed by atoms with van der Waals surface area (Å²) in [6, 6.07) is 18.9. The van der Waals surface area contributed by atoms with Crippen molar-refractivity contribution in [1.82, 2.24) is 9.38 Å². The van der Waals surface area contributed by atoms with Gasteiger partial charge in [0.2, 0.25) is 0 Å². The van der Waals surface area contributed by atoms with Crippen molar-refractivity contribution in [1.29, 1.82) is 0 Å². The predicted molar refractivity (Wildman–Crippen MR) is 88.4 cm³/mol. The van der Waals surface area contributed by atoms with Gasteiger partial charge in [-0.2, -0.15) is 0 Å². The Bertz CT molecular complexity index is 889. The van der Waals surface area contributed by atoms with E-state index in [1.807, 2.05) is 10.5 Å². The molecule has 2 heterocycles. The summed E-state index contributed by atoms with van der Waals surface area (Å²) in [5, 5.41) is 2.09. The van der Waals surface area contributed by atoms with Crippen molar-refractivity contribution in [2.24, 2.45) is 0 Å². The maximum Gasteiger partial charge on any atom is 0.195 e. The molecule has 2 aromatic heterocycles. The third-order valence-electron chi connectivity index (χ3n) is 3.56. The molecule has 0 aliphatic rings. The Labute approximate surface area is 126 Å². The van der Waals surface area contributed by atoms with Crippen LogP contribution in [0.2, 0.25) is 0 Å². The van der Waals surface area contributed by atoms with Crippen LogP contribution in [-0.2, 0) is 0 Å². The van der Waals surface area contributed by atoms with Gasteiger partial charge in [0.15, 0.2) is 4.96 Å². The first-order valence-electron chi connectivity index (χ1n) is 6.69. The molecule has 4 heteroatoms. The number of hydrogen-bond donors (Lipinski definition) is 1. The van der Waals surface area contributed by atoms with Gasteiger partial charge in [0.05, 0.1) is 11.9 Å². The van der Waals surface area contributed by atoms with E-state index in [-0.39, 0.29) is 0 Å². The average molecular weight is 291 g/mol. The van der Waals surface area contributed by atoms with Crippen LogP contribution in [0.4, 0.5) is 5.82 Å². The Balaban J connectivity index is 1.79. The standard InChI is InChI=1S/C17H13N3S/c18-16-10-19-17-20(16)15(11-21-17)14-8-6-13(7-9-14)12-4-2-1-3-5-12/h1-11H,18H2. The van der Waals surface area contributed by atoms with Crippen LogP contribution in [0.1, 0.15) is 0 Å². The molecule has 0 unspecified atom stereocenters. The fraction of sp³-hybridized carbons (Fsp3) is 0. The number of nitrogen functional groups attached to an aromatic ring is 1. The van der Waals surface area contributed by atoms with Crippen LogP contribution < -0.4 is 5.73 Å². The molecule has 0 bridgehead atoms. The van der Waals surface area contributed by atoms with Crippen LogP contribution in [0.3, 0.4) is 0 Å². The third-order valence-corrected chi connectivity index (χ3v) is 4.40. The van der Waals surface area contributed by atoms with Gasteiger partial charge in [0, 0.05) is 5.38 Å². The molecule has 102 valence electrons. The van der Waals surface area contributed by atoms with Gasteiger partial charge in [0.25, 0.3) is 0 Å². The Hall–Kier alpha value is -2.59. The fourth-order valence-electron chi connectivity index (χ4n) is 2.49. The molecule has 0 spiro atoms. The van der Waals surface area contributed by atoms with E-state index in [1.54, 1.807) is 17.5 Å². The van der Waals surface area contributed by atoms with Crippen LogP contribution in [0.25, 0.3) is 27.3 Å². The second-order valence-corrected chi connectivity index (χ2v) is 5.70. The SMILES string of the molecule is Nc1cnc2scc(-c3ccc(-c4ccccc4)cc3)n12. The molecular formula is C17H13N3S. The molecule has 3 nitrogen and oxygen atoms in total. The van der Waals surface area contributed by atoms with E-state index in [2.05, 4.69) is 58.9 Å². The first kappa shape index (κ1) is 12.2. The van der Waals surface area contributed by atoms with Gasteiger partial charge in [-0.15, -0.1) is 11.3 Å². The molecule has 0 amide bonds. The van der Waals surface area contributed by atoms with Gasteiger partial charge in [0.1, 0.15) is 5.82 Å². The van der Waals surface area contributed by atoms with E-state index < -0.39 is 0 Å². The molecule has 0 fully saturated rings. The second-order valence-electron chi connectivity index (χ2n) is 4.87. The first-order valence-corrected chi connectivity index (χ1v) is 7.57. The highest BCUT2D eigenvalue weighted by atomic mass is 32.1. The van der Waals surface area contributed by atoms with E-state index >= 15 is 0 Å². The lowest BCUT2D eigenvalue weighted by Gasteiger charge is -2.05. The van der Waals surface area contributed by atoms with Crippen LogP contribution in [0.5, 0.6) is 0 Å². The molecular weight excluding hydrogens is 278 g/mol. The average Bonchev–Trinajstić information content (AvgIpc) is 3.12. The number of benzene rings is 2. The van der Waals surface area contributed by atoms with E-state index in [0.717, 1.165) is 16.2 Å². The zero-order valence-electron chi connectivity index (χ0n) is 11.2. The topological polar surface area (TPSA) is 43.3 Å². The quantitative estimate of drug-likeness (QED) is 0.598. The Kier molecular flexibility index (Phi) is 2.75. The predicted octanol–water partition coefficient (Wildman–Crippen LogP) is 4.31. The van der Waals surface area contributed by atoms with Gasteiger partial charge < -0.3 is 5.73 Å². The Morgan fingerprint density at radius 2 is 1.52 bits per heavy atom. The van der Waals surface area contributed by atoms with Crippen molar-refractivity contribution in [3.8, 4) is 22.4 Å². The first-order chi connectivity index (χ1) is 10.3. The van der Waals surface area contributed by atoms with Crippen LogP contribution in [0.15, 0.2) is 66.2 Å². The second kappa shape index (κ2) is 4.75. The van der Waals surface area contributed by atoms with Gasteiger partial charge in [-0.1, -0.05) is 54.6 Å². The van der Waals surface area contributed by atoms with E-state index in [4.69, 9.17) is 5.73 Å². The highest BCUT2D eigenvalue weighted by Gasteiger charge is 2.09. The number of hydrogen-bond acceptors (Lipinski definition) is 3. The summed E-state index contributed by atoms with van der Waals surface area (Å²) in [6.45, 7) is 0. The summed E-state index contributed by atoms with van der Waals surface area (Å²) in [4.78, 5) is 5.21. The van der Waals surface area contributed by atoms with Crippen molar-refractivity contribution in [2.45, 2.75) is 0 Å². The van der Waals surface area contributed by atoms with Gasteiger partial charge >= 0.3 is 0 Å². The molecule has 21 heavy (non-hydrogen) atoms. The summed E-state index contributed by atoms with van der Waals surface area (Å²) in [5.74, 6) is 0.674. The highest BCUT2D eigenvalue weighted by molar-refractivity contribution is 7.15. The molecule has 0 aliphatic heterocycles. The minimum Gasteiger partial charge on any atom is -0.383 e. The van der Waals surface area contributed by atoms with E-state index in [0.29, 0.717) is 5.82 Å². The van der Waals surface area contributed by atoms with Crippen molar-refractivity contribution in [3.05, 3.63) is 66.2 Å².